The van der Waals surface area contributed by atoms with Crippen LogP contribution in [0.15, 0.2) is 119 Å². The van der Waals surface area contributed by atoms with Crippen molar-refractivity contribution in [2.75, 3.05) is 10.8 Å². The van der Waals surface area contributed by atoms with E-state index in [2.05, 4.69) is 35.1 Å². The molecule has 2 amide bonds. The van der Waals surface area contributed by atoms with Crippen molar-refractivity contribution in [3.63, 3.8) is 0 Å². The lowest BCUT2D eigenvalue weighted by Gasteiger charge is -2.34. The number of halogens is 1. The molecule has 0 aliphatic carbocycles. The maximum atomic E-state index is 14.5. The monoisotopic (exact) mass is 689 g/mol. The van der Waals surface area contributed by atoms with E-state index in [0.29, 0.717) is 5.69 Å². The van der Waals surface area contributed by atoms with E-state index in [1.807, 2.05) is 80.6 Å². The van der Waals surface area contributed by atoms with Gasteiger partial charge >= 0.3 is 0 Å². The van der Waals surface area contributed by atoms with Gasteiger partial charge in [0.2, 0.25) is 11.8 Å². The summed E-state index contributed by atoms with van der Waals surface area (Å²) in [6.45, 7) is 7.47. The van der Waals surface area contributed by atoms with E-state index in [9.17, 15) is 18.0 Å². The predicted octanol–water partition coefficient (Wildman–Crippen LogP) is 6.93. The van der Waals surface area contributed by atoms with E-state index < -0.39 is 28.5 Å². The lowest BCUT2D eigenvalue weighted by molar-refractivity contribution is -0.140. The Bertz CT molecular complexity index is 1680. The molecule has 4 rings (SSSR count). The Kier molecular flexibility index (Phi) is 11.6. The SMILES string of the molecule is CC(C)NC(=O)C(Cc1ccccc1)N(Cc1cccc(Br)c1)C(=O)CN(c1ccc(C(C)C)cc1)S(=O)(=O)c1ccccc1. The summed E-state index contributed by atoms with van der Waals surface area (Å²) in [5.74, 6) is -0.558. The molecule has 0 saturated carbocycles. The summed E-state index contributed by atoms with van der Waals surface area (Å²) in [7, 11) is -4.14. The maximum absolute atomic E-state index is 14.5. The third-order valence-electron chi connectivity index (χ3n) is 7.40. The number of hydrogen-bond acceptors (Lipinski definition) is 4. The third-order valence-corrected chi connectivity index (χ3v) is 9.68. The van der Waals surface area contributed by atoms with Gasteiger partial charge in [0.15, 0.2) is 0 Å². The van der Waals surface area contributed by atoms with Gasteiger partial charge in [0.05, 0.1) is 10.6 Å². The third kappa shape index (κ3) is 9.05. The Hall–Kier alpha value is -3.95. The molecule has 0 spiro atoms. The Labute approximate surface area is 275 Å². The highest BCUT2D eigenvalue weighted by Crippen LogP contribution is 2.27. The van der Waals surface area contributed by atoms with Gasteiger partial charge in [0.25, 0.3) is 10.0 Å². The number of sulfonamides is 1. The molecule has 0 aliphatic heterocycles. The van der Waals surface area contributed by atoms with Gasteiger partial charge < -0.3 is 10.2 Å². The van der Waals surface area contributed by atoms with E-state index in [1.54, 1.807) is 30.3 Å². The van der Waals surface area contributed by atoms with Crippen LogP contribution in [0.5, 0.6) is 0 Å². The van der Waals surface area contributed by atoms with Crippen LogP contribution in [0.3, 0.4) is 0 Å². The van der Waals surface area contributed by atoms with Crippen LogP contribution in [-0.4, -0.2) is 43.8 Å². The van der Waals surface area contributed by atoms with Crippen molar-refractivity contribution in [1.29, 1.82) is 0 Å². The van der Waals surface area contributed by atoms with Crippen LogP contribution >= 0.6 is 15.9 Å². The van der Waals surface area contributed by atoms with Crippen LogP contribution in [0.2, 0.25) is 0 Å². The fourth-order valence-electron chi connectivity index (χ4n) is 5.04. The summed E-state index contributed by atoms with van der Waals surface area (Å²) in [4.78, 5) is 29.9. The van der Waals surface area contributed by atoms with E-state index in [-0.39, 0.29) is 35.7 Å². The molecule has 0 heterocycles. The zero-order valence-corrected chi connectivity index (χ0v) is 28.5. The second kappa shape index (κ2) is 15.4. The summed E-state index contributed by atoms with van der Waals surface area (Å²) in [6.07, 6.45) is 0.258. The normalized spacial score (nSPS) is 12.2. The van der Waals surface area contributed by atoms with Crippen molar-refractivity contribution in [2.45, 2.75) is 63.6 Å². The standard InChI is InChI=1S/C36H40BrN3O4S/c1-26(2)30-18-20-32(21-19-30)40(45(43,44)33-16-9-6-10-17-33)25-35(41)39(24-29-14-11-15-31(37)22-29)34(36(42)38-27(3)4)23-28-12-7-5-8-13-28/h5-22,26-27,34H,23-25H2,1-4H3,(H,38,42). The number of rotatable bonds is 13. The predicted molar refractivity (Wildman–Crippen MR) is 183 cm³/mol. The van der Waals surface area contributed by atoms with Gasteiger partial charge in [-0.1, -0.05) is 103 Å². The van der Waals surface area contributed by atoms with Crippen molar-refractivity contribution >= 4 is 43.5 Å². The molecule has 45 heavy (non-hydrogen) atoms. The van der Waals surface area contributed by atoms with Crippen LogP contribution in [0, 0.1) is 0 Å². The second-order valence-corrected chi connectivity index (χ2v) is 14.4. The minimum Gasteiger partial charge on any atom is -0.352 e. The van der Waals surface area contributed by atoms with Gasteiger partial charge in [-0.2, -0.15) is 0 Å². The lowest BCUT2D eigenvalue weighted by atomic mass is 10.0. The minimum atomic E-state index is -4.14. The molecule has 0 aliphatic rings. The molecular weight excluding hydrogens is 650 g/mol. The Morgan fingerprint density at radius 1 is 0.778 bits per heavy atom. The van der Waals surface area contributed by atoms with E-state index in [4.69, 9.17) is 0 Å². The highest BCUT2D eigenvalue weighted by Gasteiger charge is 2.34. The van der Waals surface area contributed by atoms with Crippen molar-refractivity contribution < 1.29 is 18.0 Å². The fourth-order valence-corrected chi connectivity index (χ4v) is 6.92. The average Bonchev–Trinajstić information content (AvgIpc) is 3.02. The average molecular weight is 691 g/mol. The molecule has 0 saturated heterocycles. The number of benzene rings is 4. The molecule has 1 atom stereocenters. The van der Waals surface area contributed by atoms with Gasteiger partial charge in [-0.25, -0.2) is 8.42 Å². The molecular formula is C36H40BrN3O4S. The molecule has 4 aromatic carbocycles. The highest BCUT2D eigenvalue weighted by molar-refractivity contribution is 9.10. The number of carbonyl (C=O) groups excluding carboxylic acids is 2. The first-order valence-electron chi connectivity index (χ1n) is 15.0. The smallest absolute Gasteiger partial charge is 0.264 e. The number of carbonyl (C=O) groups is 2. The molecule has 0 fully saturated rings. The molecule has 0 bridgehead atoms. The van der Waals surface area contributed by atoms with Gasteiger partial charge in [-0.3, -0.25) is 13.9 Å². The quantitative estimate of drug-likeness (QED) is 0.165. The van der Waals surface area contributed by atoms with E-state index in [0.717, 1.165) is 25.5 Å². The van der Waals surface area contributed by atoms with Crippen molar-refractivity contribution in [3.8, 4) is 0 Å². The van der Waals surface area contributed by atoms with Crippen LogP contribution < -0.4 is 9.62 Å². The molecule has 1 N–H and O–H groups in total. The number of hydrogen-bond donors (Lipinski definition) is 1. The summed E-state index contributed by atoms with van der Waals surface area (Å²) in [5, 5.41) is 2.98. The van der Waals surface area contributed by atoms with Crippen molar-refractivity contribution in [1.82, 2.24) is 10.2 Å². The van der Waals surface area contributed by atoms with Crippen LogP contribution in [0.4, 0.5) is 5.69 Å². The van der Waals surface area contributed by atoms with Crippen LogP contribution in [0.25, 0.3) is 0 Å². The second-order valence-electron chi connectivity index (χ2n) is 11.6. The Morgan fingerprint density at radius 2 is 1.38 bits per heavy atom. The molecule has 4 aromatic rings. The molecule has 0 aromatic heterocycles. The van der Waals surface area contributed by atoms with Crippen molar-refractivity contribution in [3.05, 3.63) is 130 Å². The topological polar surface area (TPSA) is 86.8 Å². The van der Waals surface area contributed by atoms with Gasteiger partial charge in [0.1, 0.15) is 12.6 Å². The zero-order chi connectivity index (χ0) is 32.6. The molecule has 1 unspecified atom stereocenters. The van der Waals surface area contributed by atoms with E-state index in [1.165, 1.54) is 17.0 Å². The summed E-state index contributed by atoms with van der Waals surface area (Å²) < 4.78 is 30.2. The number of nitrogens with zero attached hydrogens (tertiary/aromatic N) is 2. The Balaban J connectivity index is 1.81. The number of nitrogens with one attached hydrogen (secondary N) is 1. The van der Waals surface area contributed by atoms with Gasteiger partial charge in [-0.05, 0) is 72.9 Å². The molecule has 9 heteroatoms. The number of anilines is 1. The fraction of sp³-hybridized carbons (Fsp3) is 0.278. The number of amides is 2. The molecule has 0 radical (unpaired) electrons. The molecule has 236 valence electrons. The first kappa shape index (κ1) is 33.9. The van der Waals surface area contributed by atoms with Gasteiger partial charge in [0, 0.05) is 23.5 Å². The Morgan fingerprint density at radius 3 is 1.96 bits per heavy atom. The lowest BCUT2D eigenvalue weighted by Crippen LogP contribution is -2.54. The zero-order valence-electron chi connectivity index (χ0n) is 26.1. The summed E-state index contributed by atoms with van der Waals surface area (Å²) in [6, 6.07) is 31.3. The van der Waals surface area contributed by atoms with Crippen LogP contribution in [-0.2, 0) is 32.6 Å². The first-order valence-corrected chi connectivity index (χ1v) is 17.2. The van der Waals surface area contributed by atoms with Gasteiger partial charge in [-0.15, -0.1) is 0 Å². The molecule has 7 nitrogen and oxygen atoms in total. The summed E-state index contributed by atoms with van der Waals surface area (Å²) in [5.41, 5.74) is 3.09. The summed E-state index contributed by atoms with van der Waals surface area (Å²) >= 11 is 3.51. The van der Waals surface area contributed by atoms with Crippen molar-refractivity contribution in [2.24, 2.45) is 0 Å². The van der Waals surface area contributed by atoms with E-state index >= 15 is 0 Å². The minimum absolute atomic E-state index is 0.0719. The first-order chi connectivity index (χ1) is 21.5. The van der Waals surface area contributed by atoms with Crippen LogP contribution in [0.1, 0.15) is 50.3 Å². The highest BCUT2D eigenvalue weighted by atomic mass is 79.9. The largest absolute Gasteiger partial charge is 0.352 e. The maximum Gasteiger partial charge on any atom is 0.264 e.